The monoisotopic (exact) mass is 371 g/mol. The molecule has 0 spiro atoms. The van der Waals surface area contributed by atoms with Crippen LogP contribution in [0.4, 0.5) is 0 Å². The molecule has 140 valence electrons. The van der Waals surface area contributed by atoms with Crippen molar-refractivity contribution in [1.29, 1.82) is 0 Å². The van der Waals surface area contributed by atoms with Crippen LogP contribution in [-0.2, 0) is 19.4 Å². The van der Waals surface area contributed by atoms with Crippen LogP contribution < -0.4 is 5.32 Å². The van der Waals surface area contributed by atoms with Crippen LogP contribution in [0.5, 0.6) is 0 Å². The van der Waals surface area contributed by atoms with Gasteiger partial charge in [0.05, 0.1) is 22.7 Å². The molecule has 0 unspecified atom stereocenters. The second kappa shape index (κ2) is 8.96. The van der Waals surface area contributed by atoms with Crippen LogP contribution in [0, 0.1) is 5.41 Å². The van der Waals surface area contributed by atoms with Gasteiger partial charge in [0.2, 0.25) is 0 Å². The van der Waals surface area contributed by atoms with Gasteiger partial charge in [-0.05, 0) is 37.1 Å². The molecule has 0 radical (unpaired) electrons. The SMILES string of the molecule is CCC(CC)(CNC(=O)c1ccc(S(=O)(=O)CCOC)cc1)C(=O)O. The minimum Gasteiger partial charge on any atom is -0.481 e. The third-order valence-electron chi connectivity index (χ3n) is 4.43. The Balaban J connectivity index is 2.82. The van der Waals surface area contributed by atoms with Crippen molar-refractivity contribution < 1.29 is 27.9 Å². The van der Waals surface area contributed by atoms with Crippen molar-refractivity contribution in [3.8, 4) is 0 Å². The van der Waals surface area contributed by atoms with E-state index in [0.717, 1.165) is 0 Å². The average Bonchev–Trinajstić information content (AvgIpc) is 2.61. The van der Waals surface area contributed by atoms with Crippen molar-refractivity contribution in [2.75, 3.05) is 26.0 Å². The first kappa shape index (κ1) is 21.1. The highest BCUT2D eigenvalue weighted by atomic mass is 32.2. The predicted octanol–water partition coefficient (Wildman–Crippen LogP) is 1.73. The van der Waals surface area contributed by atoms with Gasteiger partial charge in [-0.25, -0.2) is 8.42 Å². The zero-order valence-corrected chi connectivity index (χ0v) is 15.6. The molecular weight excluding hydrogens is 346 g/mol. The van der Waals surface area contributed by atoms with Gasteiger partial charge in [0.1, 0.15) is 0 Å². The van der Waals surface area contributed by atoms with Crippen LogP contribution >= 0.6 is 0 Å². The van der Waals surface area contributed by atoms with E-state index < -0.39 is 27.1 Å². The minimum absolute atomic E-state index is 0.0159. The highest BCUT2D eigenvalue weighted by Crippen LogP contribution is 2.25. The standard InChI is InChI=1S/C17H25NO6S/c1-4-17(5-2,16(20)21)12-18-15(19)13-6-8-14(9-7-13)25(22,23)11-10-24-3/h6-9H,4-5,10-12H2,1-3H3,(H,18,19)(H,20,21). The summed E-state index contributed by atoms with van der Waals surface area (Å²) in [5.74, 6) is -1.52. The number of sulfone groups is 1. The highest BCUT2D eigenvalue weighted by molar-refractivity contribution is 7.91. The Bertz CT molecular complexity index is 692. The van der Waals surface area contributed by atoms with Gasteiger partial charge >= 0.3 is 5.97 Å². The summed E-state index contributed by atoms with van der Waals surface area (Å²) < 4.78 is 28.8. The predicted molar refractivity (Wildman–Crippen MR) is 93.4 cm³/mol. The van der Waals surface area contributed by atoms with Gasteiger partial charge in [-0.2, -0.15) is 0 Å². The van der Waals surface area contributed by atoms with Crippen LogP contribution in [0.15, 0.2) is 29.2 Å². The quantitative estimate of drug-likeness (QED) is 0.648. The molecule has 7 nitrogen and oxygen atoms in total. The molecule has 2 N–H and O–H groups in total. The van der Waals surface area contributed by atoms with Crippen LogP contribution in [0.3, 0.4) is 0 Å². The van der Waals surface area contributed by atoms with E-state index in [2.05, 4.69) is 5.32 Å². The lowest BCUT2D eigenvalue weighted by Gasteiger charge is -2.26. The van der Waals surface area contributed by atoms with E-state index in [9.17, 15) is 23.1 Å². The number of methoxy groups -OCH3 is 1. The topological polar surface area (TPSA) is 110 Å². The Morgan fingerprint density at radius 3 is 2.16 bits per heavy atom. The Hall–Kier alpha value is -1.93. The summed E-state index contributed by atoms with van der Waals surface area (Å²) in [6.45, 7) is 3.64. The molecule has 25 heavy (non-hydrogen) atoms. The number of rotatable bonds is 10. The van der Waals surface area contributed by atoms with Crippen LogP contribution in [0.2, 0.25) is 0 Å². The Labute approximate surface area is 148 Å². The van der Waals surface area contributed by atoms with Crippen LogP contribution in [-0.4, -0.2) is 51.4 Å². The van der Waals surface area contributed by atoms with E-state index in [-0.39, 0.29) is 29.4 Å². The molecule has 0 saturated carbocycles. The summed E-state index contributed by atoms with van der Waals surface area (Å²) in [7, 11) is -2.03. The fourth-order valence-electron chi connectivity index (χ4n) is 2.35. The number of hydrogen-bond donors (Lipinski definition) is 2. The number of ether oxygens (including phenoxy) is 1. The molecule has 0 aliphatic carbocycles. The molecule has 0 saturated heterocycles. The fraction of sp³-hybridized carbons (Fsp3) is 0.529. The number of carboxylic acids is 1. The fourth-order valence-corrected chi connectivity index (χ4v) is 3.53. The number of nitrogens with one attached hydrogen (secondary N) is 1. The van der Waals surface area contributed by atoms with E-state index in [1.807, 2.05) is 0 Å². The number of carboxylic acid groups (broad SMARTS) is 1. The lowest BCUT2D eigenvalue weighted by Crippen LogP contribution is -2.42. The summed E-state index contributed by atoms with van der Waals surface area (Å²) in [5, 5.41) is 12.0. The number of benzene rings is 1. The molecule has 0 heterocycles. The second-order valence-corrected chi connectivity index (χ2v) is 7.92. The van der Waals surface area contributed by atoms with Gasteiger partial charge in [-0.15, -0.1) is 0 Å². The van der Waals surface area contributed by atoms with Gasteiger partial charge in [0.25, 0.3) is 5.91 Å². The van der Waals surface area contributed by atoms with E-state index in [4.69, 9.17) is 4.74 Å². The Kier molecular flexibility index (Phi) is 7.57. The number of carbonyl (C=O) groups is 2. The summed E-state index contributed by atoms with van der Waals surface area (Å²) in [4.78, 5) is 23.8. The first-order chi connectivity index (χ1) is 11.7. The van der Waals surface area contributed by atoms with Gasteiger partial charge in [0, 0.05) is 19.2 Å². The van der Waals surface area contributed by atoms with Gasteiger partial charge < -0.3 is 15.2 Å². The molecule has 0 fully saturated rings. The maximum Gasteiger partial charge on any atom is 0.311 e. The molecule has 8 heteroatoms. The van der Waals surface area contributed by atoms with E-state index >= 15 is 0 Å². The summed E-state index contributed by atoms with van der Waals surface area (Å²) in [6.07, 6.45) is 0.797. The first-order valence-corrected chi connectivity index (χ1v) is 9.71. The van der Waals surface area contributed by atoms with Crippen LogP contribution in [0.25, 0.3) is 0 Å². The lowest BCUT2D eigenvalue weighted by atomic mass is 9.82. The number of hydrogen-bond acceptors (Lipinski definition) is 5. The molecule has 1 amide bonds. The molecule has 1 rings (SSSR count). The lowest BCUT2D eigenvalue weighted by molar-refractivity contribution is -0.149. The summed E-state index contributed by atoms with van der Waals surface area (Å²) in [6, 6.07) is 5.55. The highest BCUT2D eigenvalue weighted by Gasteiger charge is 2.35. The molecule has 1 aromatic rings. The third kappa shape index (κ3) is 5.27. The maximum atomic E-state index is 12.2. The van der Waals surface area contributed by atoms with Crippen molar-refractivity contribution in [2.45, 2.75) is 31.6 Å². The van der Waals surface area contributed by atoms with Crippen LogP contribution in [0.1, 0.15) is 37.0 Å². The van der Waals surface area contributed by atoms with Gasteiger partial charge in [-0.1, -0.05) is 13.8 Å². The Morgan fingerprint density at radius 1 is 1.16 bits per heavy atom. The number of amides is 1. The average molecular weight is 371 g/mol. The van der Waals surface area contributed by atoms with Crippen molar-refractivity contribution in [2.24, 2.45) is 5.41 Å². The number of carbonyl (C=O) groups excluding carboxylic acids is 1. The van der Waals surface area contributed by atoms with Crippen molar-refractivity contribution in [3.63, 3.8) is 0 Å². The second-order valence-electron chi connectivity index (χ2n) is 5.81. The molecular formula is C17H25NO6S. The molecule has 0 aromatic heterocycles. The van der Waals surface area contributed by atoms with E-state index in [1.165, 1.54) is 31.4 Å². The third-order valence-corrected chi connectivity index (χ3v) is 6.12. The normalized spacial score (nSPS) is 12.0. The zero-order valence-electron chi connectivity index (χ0n) is 14.7. The van der Waals surface area contributed by atoms with Crippen molar-refractivity contribution in [3.05, 3.63) is 29.8 Å². The first-order valence-electron chi connectivity index (χ1n) is 8.05. The number of aliphatic carboxylic acids is 1. The largest absolute Gasteiger partial charge is 0.481 e. The molecule has 0 bridgehead atoms. The molecule has 0 aliphatic rings. The summed E-state index contributed by atoms with van der Waals surface area (Å²) >= 11 is 0. The Morgan fingerprint density at radius 2 is 1.72 bits per heavy atom. The maximum absolute atomic E-state index is 12.2. The smallest absolute Gasteiger partial charge is 0.311 e. The zero-order chi connectivity index (χ0) is 19.1. The van der Waals surface area contributed by atoms with Crippen molar-refractivity contribution >= 4 is 21.7 Å². The molecule has 1 aromatic carbocycles. The van der Waals surface area contributed by atoms with E-state index in [0.29, 0.717) is 12.8 Å². The van der Waals surface area contributed by atoms with Gasteiger partial charge in [0.15, 0.2) is 9.84 Å². The summed E-state index contributed by atoms with van der Waals surface area (Å²) in [5.41, 5.74) is -0.726. The van der Waals surface area contributed by atoms with Gasteiger partial charge in [-0.3, -0.25) is 9.59 Å². The minimum atomic E-state index is -3.45. The van der Waals surface area contributed by atoms with E-state index in [1.54, 1.807) is 13.8 Å². The van der Waals surface area contributed by atoms with Crippen molar-refractivity contribution in [1.82, 2.24) is 5.32 Å². The molecule has 0 aliphatic heterocycles. The molecule has 0 atom stereocenters.